The van der Waals surface area contributed by atoms with E-state index in [-0.39, 0.29) is 23.5 Å². The fourth-order valence-corrected chi connectivity index (χ4v) is 2.48. The first-order chi connectivity index (χ1) is 9.43. The van der Waals surface area contributed by atoms with Crippen LogP contribution in [0.4, 0.5) is 10.1 Å². The molecule has 2 rings (SSSR count). The van der Waals surface area contributed by atoms with Crippen LogP contribution >= 0.6 is 15.9 Å². The van der Waals surface area contributed by atoms with Crippen LogP contribution in [0.3, 0.4) is 0 Å². The minimum Gasteiger partial charge on any atom is -0.398 e. The van der Waals surface area contributed by atoms with Crippen molar-refractivity contribution in [2.75, 3.05) is 5.73 Å². The van der Waals surface area contributed by atoms with Crippen LogP contribution in [-0.2, 0) is 13.0 Å². The Morgan fingerprint density at radius 2 is 2.20 bits per heavy atom. The Bertz CT molecular complexity index is 667. The first-order valence-electron chi connectivity index (χ1n) is 6.24. The number of carbonyl (C=O) groups excluding carboxylic acids is 1. The molecule has 1 aromatic heterocycles. The number of rotatable bonds is 4. The minimum absolute atomic E-state index is 0.128. The predicted molar refractivity (Wildman–Crippen MR) is 79.2 cm³/mol. The number of ketones is 1. The van der Waals surface area contributed by atoms with E-state index in [9.17, 15) is 9.18 Å². The SMILES string of the molecule is CCn1nc(C)c(Br)c1CC(=O)c1cc(F)ccc1N. The second-order valence-corrected chi connectivity index (χ2v) is 5.29. The topological polar surface area (TPSA) is 60.9 Å². The Hall–Kier alpha value is -1.69. The molecule has 4 nitrogen and oxygen atoms in total. The molecule has 0 spiro atoms. The highest BCUT2D eigenvalue weighted by Crippen LogP contribution is 2.24. The van der Waals surface area contributed by atoms with Gasteiger partial charge >= 0.3 is 0 Å². The molecule has 0 unspecified atom stereocenters. The van der Waals surface area contributed by atoms with Crippen molar-refractivity contribution in [1.29, 1.82) is 0 Å². The number of nitrogens with two attached hydrogens (primary N) is 1. The number of Topliss-reactive ketones (excluding diaryl/α,β-unsaturated/α-hetero) is 1. The summed E-state index contributed by atoms with van der Waals surface area (Å²) in [6.45, 7) is 4.47. The molecule has 106 valence electrons. The smallest absolute Gasteiger partial charge is 0.171 e. The molecule has 0 bridgehead atoms. The number of benzene rings is 1. The lowest BCUT2D eigenvalue weighted by Gasteiger charge is -2.07. The van der Waals surface area contributed by atoms with Crippen LogP contribution in [0.5, 0.6) is 0 Å². The summed E-state index contributed by atoms with van der Waals surface area (Å²) in [4.78, 5) is 12.3. The van der Waals surface area contributed by atoms with Gasteiger partial charge < -0.3 is 5.73 Å². The normalized spacial score (nSPS) is 10.8. The zero-order chi connectivity index (χ0) is 14.9. The molecule has 6 heteroatoms. The zero-order valence-electron chi connectivity index (χ0n) is 11.3. The van der Waals surface area contributed by atoms with Crippen LogP contribution in [0.2, 0.25) is 0 Å². The number of aryl methyl sites for hydroxylation is 2. The molecule has 0 radical (unpaired) electrons. The van der Waals surface area contributed by atoms with E-state index in [1.165, 1.54) is 18.2 Å². The average molecular weight is 340 g/mol. The summed E-state index contributed by atoms with van der Waals surface area (Å²) in [6.07, 6.45) is 0.128. The number of hydrogen-bond acceptors (Lipinski definition) is 3. The van der Waals surface area contributed by atoms with Crippen molar-refractivity contribution in [1.82, 2.24) is 9.78 Å². The first-order valence-corrected chi connectivity index (χ1v) is 7.03. The number of halogens is 2. The molecule has 2 aromatic rings. The van der Waals surface area contributed by atoms with Crippen molar-refractivity contribution in [3.05, 3.63) is 45.4 Å². The Balaban J connectivity index is 2.35. The van der Waals surface area contributed by atoms with Crippen LogP contribution < -0.4 is 5.73 Å². The molecular weight excluding hydrogens is 325 g/mol. The van der Waals surface area contributed by atoms with E-state index in [4.69, 9.17) is 5.73 Å². The van der Waals surface area contributed by atoms with Gasteiger partial charge in [-0.2, -0.15) is 5.10 Å². The molecule has 2 N–H and O–H groups in total. The largest absolute Gasteiger partial charge is 0.398 e. The zero-order valence-corrected chi connectivity index (χ0v) is 12.9. The molecule has 0 atom stereocenters. The molecule has 20 heavy (non-hydrogen) atoms. The van der Waals surface area contributed by atoms with Gasteiger partial charge in [-0.3, -0.25) is 9.48 Å². The number of aromatic nitrogens is 2. The van der Waals surface area contributed by atoms with E-state index in [1.807, 2.05) is 13.8 Å². The number of nitrogen functional groups attached to an aromatic ring is 1. The third-order valence-electron chi connectivity index (χ3n) is 3.10. The van der Waals surface area contributed by atoms with Gasteiger partial charge in [-0.1, -0.05) is 0 Å². The maximum Gasteiger partial charge on any atom is 0.171 e. The minimum atomic E-state index is -0.471. The van der Waals surface area contributed by atoms with E-state index in [1.54, 1.807) is 4.68 Å². The highest BCUT2D eigenvalue weighted by atomic mass is 79.9. The van der Waals surface area contributed by atoms with Gasteiger partial charge in [-0.25, -0.2) is 4.39 Å². The molecule has 0 aliphatic heterocycles. The highest BCUT2D eigenvalue weighted by Gasteiger charge is 2.18. The molecule has 0 fully saturated rings. The third-order valence-corrected chi connectivity index (χ3v) is 4.13. The van der Waals surface area contributed by atoms with Crippen molar-refractivity contribution in [2.45, 2.75) is 26.8 Å². The standard InChI is InChI=1S/C14H15BrFN3O/c1-3-19-12(14(15)8(2)18-19)7-13(20)10-6-9(16)4-5-11(10)17/h4-6H,3,7,17H2,1-2H3. The summed E-state index contributed by atoms with van der Waals surface area (Å²) in [6, 6.07) is 3.81. The summed E-state index contributed by atoms with van der Waals surface area (Å²) >= 11 is 3.44. The van der Waals surface area contributed by atoms with Crippen LogP contribution in [0.25, 0.3) is 0 Å². The van der Waals surface area contributed by atoms with Crippen LogP contribution in [0, 0.1) is 12.7 Å². The van der Waals surface area contributed by atoms with Crippen molar-refractivity contribution in [3.8, 4) is 0 Å². The van der Waals surface area contributed by atoms with Gasteiger partial charge in [0, 0.05) is 17.8 Å². The average Bonchev–Trinajstić information content (AvgIpc) is 2.69. The van der Waals surface area contributed by atoms with E-state index in [2.05, 4.69) is 21.0 Å². The Kier molecular flexibility index (Phi) is 4.23. The lowest BCUT2D eigenvalue weighted by atomic mass is 10.0. The molecular formula is C14H15BrFN3O. The maximum atomic E-state index is 13.2. The van der Waals surface area contributed by atoms with E-state index < -0.39 is 5.82 Å². The number of hydrogen-bond donors (Lipinski definition) is 1. The molecule has 0 saturated carbocycles. The van der Waals surface area contributed by atoms with E-state index in [0.29, 0.717) is 6.54 Å². The molecule has 0 aliphatic rings. The van der Waals surface area contributed by atoms with E-state index in [0.717, 1.165) is 15.9 Å². The highest BCUT2D eigenvalue weighted by molar-refractivity contribution is 9.10. The van der Waals surface area contributed by atoms with Crippen molar-refractivity contribution in [3.63, 3.8) is 0 Å². The fourth-order valence-electron chi connectivity index (χ4n) is 2.06. The van der Waals surface area contributed by atoms with Gasteiger partial charge in [0.15, 0.2) is 5.78 Å². The quantitative estimate of drug-likeness (QED) is 0.687. The number of anilines is 1. The van der Waals surface area contributed by atoms with Crippen LogP contribution in [-0.4, -0.2) is 15.6 Å². The second-order valence-electron chi connectivity index (χ2n) is 4.49. The summed E-state index contributed by atoms with van der Waals surface area (Å²) in [7, 11) is 0. The fraction of sp³-hybridized carbons (Fsp3) is 0.286. The Morgan fingerprint density at radius 1 is 1.50 bits per heavy atom. The third kappa shape index (κ3) is 2.75. The number of nitrogens with zero attached hydrogens (tertiary/aromatic N) is 2. The molecule has 1 aromatic carbocycles. The monoisotopic (exact) mass is 339 g/mol. The maximum absolute atomic E-state index is 13.2. The van der Waals surface area contributed by atoms with Gasteiger partial charge in [0.1, 0.15) is 5.82 Å². The molecule has 0 saturated heterocycles. The molecule has 1 heterocycles. The lowest BCUT2D eigenvalue weighted by molar-refractivity contribution is 0.0990. The first kappa shape index (κ1) is 14.7. The van der Waals surface area contributed by atoms with Crippen LogP contribution in [0.1, 0.15) is 28.7 Å². The summed E-state index contributed by atoms with van der Waals surface area (Å²) in [5.74, 6) is -0.695. The molecule has 0 amide bonds. The lowest BCUT2D eigenvalue weighted by Crippen LogP contribution is -2.12. The predicted octanol–water partition coefficient (Wildman–Crippen LogP) is 3.12. The second kappa shape index (κ2) is 5.75. The van der Waals surface area contributed by atoms with E-state index >= 15 is 0 Å². The number of carbonyl (C=O) groups is 1. The van der Waals surface area contributed by atoms with Gasteiger partial charge in [0.25, 0.3) is 0 Å². The van der Waals surface area contributed by atoms with Crippen molar-refractivity contribution >= 4 is 27.4 Å². The molecule has 0 aliphatic carbocycles. The Labute approximate surface area is 124 Å². The summed E-state index contributed by atoms with van der Waals surface area (Å²) in [5, 5.41) is 4.33. The summed E-state index contributed by atoms with van der Waals surface area (Å²) < 4.78 is 15.8. The van der Waals surface area contributed by atoms with Crippen molar-refractivity contribution < 1.29 is 9.18 Å². The van der Waals surface area contributed by atoms with Gasteiger partial charge in [-0.05, 0) is 48.0 Å². The Morgan fingerprint density at radius 3 is 2.85 bits per heavy atom. The van der Waals surface area contributed by atoms with Crippen molar-refractivity contribution in [2.24, 2.45) is 0 Å². The van der Waals surface area contributed by atoms with Gasteiger partial charge in [0.2, 0.25) is 0 Å². The van der Waals surface area contributed by atoms with Crippen LogP contribution in [0.15, 0.2) is 22.7 Å². The van der Waals surface area contributed by atoms with Gasteiger partial charge in [-0.15, -0.1) is 0 Å². The summed E-state index contributed by atoms with van der Waals surface area (Å²) in [5.41, 5.74) is 7.82. The van der Waals surface area contributed by atoms with Gasteiger partial charge in [0.05, 0.1) is 22.3 Å².